The molecule has 2 saturated carbocycles. The highest BCUT2D eigenvalue weighted by Crippen LogP contribution is 2.48. The zero-order valence-electron chi connectivity index (χ0n) is 20.6. The zero-order chi connectivity index (χ0) is 23.6. The van der Waals surface area contributed by atoms with Crippen LogP contribution in [0.4, 0.5) is 0 Å². The number of halogens is 1. The molecular weight excluding hydrogens is 440 g/mol. The first kappa shape index (κ1) is 26.0. The zero-order valence-corrected chi connectivity index (χ0v) is 22.2. The molecule has 0 aromatic heterocycles. The van der Waals surface area contributed by atoms with E-state index in [0.717, 1.165) is 37.3 Å². The van der Waals surface area contributed by atoms with E-state index in [1.807, 2.05) is 12.1 Å². The highest BCUT2D eigenvalue weighted by atomic mass is 35.5. The van der Waals surface area contributed by atoms with Crippen LogP contribution in [0, 0.1) is 11.8 Å². The van der Waals surface area contributed by atoms with Crippen LogP contribution >= 0.6 is 11.6 Å². The first-order chi connectivity index (χ1) is 14.9. The van der Waals surface area contributed by atoms with Crippen LogP contribution in [0.3, 0.4) is 0 Å². The Hall–Kier alpha value is -0.620. The van der Waals surface area contributed by atoms with Crippen molar-refractivity contribution < 1.29 is 8.42 Å². The third kappa shape index (κ3) is 6.08. The van der Waals surface area contributed by atoms with Gasteiger partial charge in [-0.15, -0.1) is 0 Å². The minimum Gasteiger partial charge on any atom is -0.313 e. The van der Waals surface area contributed by atoms with Gasteiger partial charge in [0.05, 0.1) is 4.75 Å². The van der Waals surface area contributed by atoms with Crippen molar-refractivity contribution in [3.63, 3.8) is 0 Å². The summed E-state index contributed by atoms with van der Waals surface area (Å²) < 4.78 is 27.2. The second-order valence-corrected chi connectivity index (χ2v) is 14.5. The molecule has 2 aliphatic rings. The summed E-state index contributed by atoms with van der Waals surface area (Å²) in [6, 6.07) is 9.06. The largest absolute Gasteiger partial charge is 0.313 e. The molecule has 2 N–H and O–H groups in total. The van der Waals surface area contributed by atoms with Crippen molar-refractivity contribution in [1.82, 2.24) is 10.0 Å². The number of rotatable bonds is 9. The predicted molar refractivity (Wildman–Crippen MR) is 136 cm³/mol. The lowest BCUT2D eigenvalue weighted by Crippen LogP contribution is -2.54. The molecule has 0 aliphatic heterocycles. The highest BCUT2D eigenvalue weighted by Gasteiger charge is 2.45. The topological polar surface area (TPSA) is 58.2 Å². The Bertz CT molecular complexity index is 834. The average molecular weight is 483 g/mol. The van der Waals surface area contributed by atoms with Crippen LogP contribution in [0.25, 0.3) is 0 Å². The van der Waals surface area contributed by atoms with Gasteiger partial charge in [-0.05, 0) is 102 Å². The van der Waals surface area contributed by atoms with E-state index in [9.17, 15) is 8.42 Å². The standard InChI is InChI=1S/C26H43ClN2O2S/c1-19(2)17-24(26(15-6-16-26)21-9-11-22(27)12-10-21)28-18-20-7-13-23(14-8-20)29-32(30,31)25(3,4)5/h9-12,19-20,23-24,28-29H,6-8,13-18H2,1-5H3. The van der Waals surface area contributed by atoms with E-state index in [2.05, 4.69) is 36.0 Å². The van der Waals surface area contributed by atoms with Gasteiger partial charge in [0.15, 0.2) is 0 Å². The van der Waals surface area contributed by atoms with Gasteiger partial charge in [0.1, 0.15) is 0 Å². The van der Waals surface area contributed by atoms with Gasteiger partial charge in [0.2, 0.25) is 10.0 Å². The van der Waals surface area contributed by atoms with Crippen LogP contribution in [-0.4, -0.2) is 31.8 Å². The molecule has 6 heteroatoms. The van der Waals surface area contributed by atoms with Crippen LogP contribution in [0.5, 0.6) is 0 Å². The van der Waals surface area contributed by atoms with Gasteiger partial charge >= 0.3 is 0 Å². The van der Waals surface area contributed by atoms with Crippen molar-refractivity contribution in [2.45, 2.75) is 108 Å². The average Bonchev–Trinajstić information content (AvgIpc) is 2.66. The quantitative estimate of drug-likeness (QED) is 0.450. The predicted octanol–water partition coefficient (Wildman–Crippen LogP) is 6.04. The fourth-order valence-electron chi connectivity index (χ4n) is 5.34. The summed E-state index contributed by atoms with van der Waals surface area (Å²) in [7, 11) is -3.28. The highest BCUT2D eigenvalue weighted by molar-refractivity contribution is 7.90. The van der Waals surface area contributed by atoms with Gasteiger partial charge in [-0.3, -0.25) is 0 Å². The van der Waals surface area contributed by atoms with Crippen LogP contribution in [0.15, 0.2) is 24.3 Å². The van der Waals surface area contributed by atoms with Crippen molar-refractivity contribution in [2.75, 3.05) is 6.54 Å². The lowest BCUT2D eigenvalue weighted by molar-refractivity contribution is 0.143. The summed E-state index contributed by atoms with van der Waals surface area (Å²) in [6.07, 6.45) is 8.94. The number of nitrogens with one attached hydrogen (secondary N) is 2. The first-order valence-corrected chi connectivity index (χ1v) is 14.3. The summed E-state index contributed by atoms with van der Waals surface area (Å²) >= 11 is 6.17. The van der Waals surface area contributed by atoms with E-state index in [0.29, 0.717) is 17.9 Å². The molecule has 1 aromatic carbocycles. The van der Waals surface area contributed by atoms with Crippen molar-refractivity contribution in [1.29, 1.82) is 0 Å². The number of sulfonamides is 1. The second-order valence-electron chi connectivity index (χ2n) is 11.6. The maximum absolute atomic E-state index is 12.5. The Morgan fingerprint density at radius 2 is 1.66 bits per heavy atom. The summed E-state index contributed by atoms with van der Waals surface area (Å²) in [5, 5.41) is 4.79. The van der Waals surface area contributed by atoms with Crippen LogP contribution in [0.2, 0.25) is 5.02 Å². The van der Waals surface area contributed by atoms with Gasteiger partial charge in [0.25, 0.3) is 0 Å². The fraction of sp³-hybridized carbons (Fsp3) is 0.769. The fourth-order valence-corrected chi connectivity index (χ4v) is 6.50. The number of hydrogen-bond acceptors (Lipinski definition) is 3. The molecule has 1 atom stereocenters. The van der Waals surface area contributed by atoms with E-state index in [4.69, 9.17) is 11.6 Å². The molecule has 2 fully saturated rings. The van der Waals surface area contributed by atoms with Crippen LogP contribution < -0.4 is 10.0 Å². The van der Waals surface area contributed by atoms with Crippen molar-refractivity contribution in [3.8, 4) is 0 Å². The third-order valence-electron chi connectivity index (χ3n) is 7.67. The van der Waals surface area contributed by atoms with Gasteiger partial charge in [0, 0.05) is 22.5 Å². The molecule has 0 bridgehead atoms. The number of benzene rings is 1. The SMILES string of the molecule is CC(C)CC(NCC1CCC(NS(=O)(=O)C(C)(C)C)CC1)C1(c2ccc(Cl)cc2)CCC1. The second kappa shape index (κ2) is 10.3. The molecule has 1 unspecified atom stereocenters. The maximum atomic E-state index is 12.5. The molecule has 2 aliphatic carbocycles. The molecule has 182 valence electrons. The minimum atomic E-state index is -3.28. The molecule has 3 rings (SSSR count). The van der Waals surface area contributed by atoms with Gasteiger partial charge in [-0.2, -0.15) is 0 Å². The van der Waals surface area contributed by atoms with Crippen molar-refractivity contribution >= 4 is 21.6 Å². The normalized spacial score (nSPS) is 24.8. The Morgan fingerprint density at radius 3 is 2.12 bits per heavy atom. The van der Waals surface area contributed by atoms with E-state index in [-0.39, 0.29) is 11.5 Å². The van der Waals surface area contributed by atoms with E-state index in [1.165, 1.54) is 31.2 Å². The van der Waals surface area contributed by atoms with E-state index in [1.54, 1.807) is 20.8 Å². The Kier molecular flexibility index (Phi) is 8.39. The summed E-state index contributed by atoms with van der Waals surface area (Å²) in [6.45, 7) is 10.9. The molecule has 0 amide bonds. The Labute approximate surface area is 201 Å². The summed E-state index contributed by atoms with van der Waals surface area (Å²) in [5.74, 6) is 1.25. The van der Waals surface area contributed by atoms with Gasteiger partial charge < -0.3 is 5.32 Å². The molecule has 0 spiro atoms. The maximum Gasteiger partial charge on any atom is 0.216 e. The summed E-state index contributed by atoms with van der Waals surface area (Å²) in [5.41, 5.74) is 1.64. The smallest absolute Gasteiger partial charge is 0.216 e. The van der Waals surface area contributed by atoms with E-state index >= 15 is 0 Å². The molecule has 4 nitrogen and oxygen atoms in total. The van der Waals surface area contributed by atoms with E-state index < -0.39 is 14.8 Å². The molecule has 1 aromatic rings. The van der Waals surface area contributed by atoms with Gasteiger partial charge in [-0.1, -0.05) is 44.0 Å². The lowest BCUT2D eigenvalue weighted by Gasteiger charge is -2.50. The lowest BCUT2D eigenvalue weighted by atomic mass is 9.58. The third-order valence-corrected chi connectivity index (χ3v) is 10.2. The molecule has 0 heterocycles. The monoisotopic (exact) mass is 482 g/mol. The van der Waals surface area contributed by atoms with Crippen molar-refractivity contribution in [3.05, 3.63) is 34.9 Å². The van der Waals surface area contributed by atoms with Crippen LogP contribution in [0.1, 0.15) is 91.5 Å². The van der Waals surface area contributed by atoms with Gasteiger partial charge in [-0.25, -0.2) is 13.1 Å². The summed E-state index contributed by atoms with van der Waals surface area (Å²) in [4.78, 5) is 0. The van der Waals surface area contributed by atoms with Crippen molar-refractivity contribution in [2.24, 2.45) is 11.8 Å². The van der Waals surface area contributed by atoms with Crippen LogP contribution in [-0.2, 0) is 15.4 Å². The minimum absolute atomic E-state index is 0.0778. The Morgan fingerprint density at radius 1 is 1.06 bits per heavy atom. The molecule has 32 heavy (non-hydrogen) atoms. The Balaban J connectivity index is 1.59. The molecule has 0 saturated heterocycles. The molecule has 0 radical (unpaired) electrons. The first-order valence-electron chi connectivity index (χ1n) is 12.4. The molecular formula is C26H43ClN2O2S. The number of hydrogen-bond donors (Lipinski definition) is 2.